The van der Waals surface area contributed by atoms with Crippen molar-refractivity contribution in [3.05, 3.63) is 29.8 Å². The average molecular weight is 579 g/mol. The lowest BCUT2D eigenvalue weighted by atomic mass is 9.81. The predicted octanol–water partition coefficient (Wildman–Crippen LogP) is 7.41. The molecular formula is C19H17F16NO. The van der Waals surface area contributed by atoms with Gasteiger partial charge in [-0.15, -0.1) is 0 Å². The van der Waals surface area contributed by atoms with Crippen LogP contribution in [0.4, 0.5) is 75.9 Å². The van der Waals surface area contributed by atoms with Crippen LogP contribution in [0.5, 0.6) is 0 Å². The molecule has 1 unspecified atom stereocenters. The van der Waals surface area contributed by atoms with E-state index in [0.29, 0.717) is 6.07 Å². The highest BCUT2D eigenvalue weighted by atomic mass is 19.4. The molecule has 0 fully saturated rings. The van der Waals surface area contributed by atoms with Crippen molar-refractivity contribution in [3.63, 3.8) is 0 Å². The summed E-state index contributed by atoms with van der Waals surface area (Å²) in [4.78, 5) is 0.953. The van der Waals surface area contributed by atoms with Crippen LogP contribution in [0, 0.1) is 0 Å². The first-order valence-corrected chi connectivity index (χ1v) is 9.80. The minimum Gasteiger partial charge on any atom is -0.376 e. The maximum atomic E-state index is 14.4. The van der Waals surface area contributed by atoms with Crippen LogP contribution in [0.25, 0.3) is 0 Å². The zero-order chi connectivity index (χ0) is 29.7. The molecule has 1 atom stereocenters. The van der Waals surface area contributed by atoms with Crippen molar-refractivity contribution in [1.82, 2.24) is 0 Å². The molecule has 0 heterocycles. The first-order valence-electron chi connectivity index (χ1n) is 9.80. The Balaban J connectivity index is 3.82. The van der Waals surface area contributed by atoms with Gasteiger partial charge in [-0.3, -0.25) is 0 Å². The molecule has 0 amide bonds. The molecule has 0 aliphatic heterocycles. The fourth-order valence-electron chi connectivity index (χ4n) is 3.25. The third kappa shape index (κ3) is 5.01. The molecule has 0 spiro atoms. The molecule has 2 nitrogen and oxygen atoms in total. The molecule has 0 aromatic heterocycles. The Morgan fingerprint density at radius 3 is 1.38 bits per heavy atom. The van der Waals surface area contributed by atoms with Crippen LogP contribution < -0.4 is 4.90 Å². The topological polar surface area (TPSA) is 23.5 Å². The van der Waals surface area contributed by atoms with Crippen LogP contribution in [0.3, 0.4) is 0 Å². The van der Waals surface area contributed by atoms with E-state index < -0.39 is 65.2 Å². The summed E-state index contributed by atoms with van der Waals surface area (Å²) in [6.07, 6.45) is -17.9. The highest BCUT2D eigenvalue weighted by Gasteiger charge is 2.91. The first kappa shape index (κ1) is 32.9. The molecule has 18 heteroatoms. The summed E-state index contributed by atoms with van der Waals surface area (Å²) >= 11 is 0. The molecule has 0 saturated carbocycles. The molecule has 1 rings (SSSR count). The van der Waals surface area contributed by atoms with Gasteiger partial charge >= 0.3 is 42.0 Å². The van der Waals surface area contributed by atoms with Gasteiger partial charge in [-0.1, -0.05) is 18.2 Å². The monoisotopic (exact) mass is 579 g/mol. The Morgan fingerprint density at radius 1 is 0.595 bits per heavy atom. The summed E-state index contributed by atoms with van der Waals surface area (Å²) in [7, 11) is 0. The number of anilines is 1. The van der Waals surface area contributed by atoms with E-state index in [2.05, 4.69) is 0 Å². The summed E-state index contributed by atoms with van der Waals surface area (Å²) in [6, 6.07) is 2.69. The molecule has 0 aliphatic rings. The summed E-state index contributed by atoms with van der Waals surface area (Å²) in [5.74, 6) is -39.7. The maximum Gasteiger partial charge on any atom is 0.460 e. The Kier molecular flexibility index (Phi) is 8.49. The van der Waals surface area contributed by atoms with Gasteiger partial charge < -0.3 is 10.0 Å². The zero-order valence-electron chi connectivity index (χ0n) is 18.4. The highest BCUT2D eigenvalue weighted by Crippen LogP contribution is 2.62. The lowest BCUT2D eigenvalue weighted by Crippen LogP contribution is -2.70. The SMILES string of the molecule is CCN(CC)c1ccccc1C(O)(CC(F)(F)C(F)(F)C(F)(F)C(F)(F)C(F)(F)C(F)(F)F)C(F)(F)F. The number of rotatable bonds is 10. The van der Waals surface area contributed by atoms with Crippen molar-refractivity contribution in [2.45, 2.75) is 67.8 Å². The second-order valence-electron chi connectivity index (χ2n) is 7.72. The van der Waals surface area contributed by atoms with Crippen molar-refractivity contribution in [2.75, 3.05) is 18.0 Å². The number of alkyl halides is 16. The maximum absolute atomic E-state index is 14.4. The fraction of sp³-hybridized carbons (Fsp3) is 0.684. The van der Waals surface area contributed by atoms with Gasteiger partial charge in [-0.2, -0.15) is 70.2 Å². The van der Waals surface area contributed by atoms with Gasteiger partial charge in [-0.05, 0) is 19.9 Å². The Hall–Kier alpha value is -2.14. The van der Waals surface area contributed by atoms with Gasteiger partial charge in [0.1, 0.15) is 0 Å². The molecule has 37 heavy (non-hydrogen) atoms. The van der Waals surface area contributed by atoms with Crippen molar-refractivity contribution in [3.8, 4) is 0 Å². The number of benzene rings is 1. The highest BCUT2D eigenvalue weighted by molar-refractivity contribution is 5.56. The molecule has 1 aromatic carbocycles. The largest absolute Gasteiger partial charge is 0.460 e. The molecule has 216 valence electrons. The third-order valence-corrected chi connectivity index (χ3v) is 5.40. The number of aliphatic hydroxyl groups is 1. The molecule has 1 N–H and O–H groups in total. The van der Waals surface area contributed by atoms with Crippen LogP contribution in [-0.2, 0) is 5.60 Å². The Labute approximate surface area is 197 Å². The van der Waals surface area contributed by atoms with Crippen LogP contribution in [0.15, 0.2) is 24.3 Å². The van der Waals surface area contributed by atoms with Gasteiger partial charge in [-0.25, -0.2) is 0 Å². The molecule has 0 bridgehead atoms. The molecule has 0 saturated heterocycles. The minimum absolute atomic E-state index is 0.190. The van der Waals surface area contributed by atoms with Gasteiger partial charge in [0.05, 0.1) is 6.42 Å². The minimum atomic E-state index is -8.28. The van der Waals surface area contributed by atoms with Crippen LogP contribution in [-0.4, -0.2) is 60.2 Å². The van der Waals surface area contributed by atoms with Crippen LogP contribution in [0.2, 0.25) is 0 Å². The van der Waals surface area contributed by atoms with Crippen LogP contribution >= 0.6 is 0 Å². The van der Waals surface area contributed by atoms with E-state index in [-0.39, 0.29) is 19.2 Å². The second-order valence-corrected chi connectivity index (χ2v) is 7.72. The van der Waals surface area contributed by atoms with E-state index in [1.807, 2.05) is 0 Å². The van der Waals surface area contributed by atoms with Gasteiger partial charge in [0.15, 0.2) is 5.60 Å². The summed E-state index contributed by atoms with van der Waals surface area (Å²) in [5.41, 5.74) is -7.60. The summed E-state index contributed by atoms with van der Waals surface area (Å²) in [5, 5.41) is 10.2. The third-order valence-electron chi connectivity index (χ3n) is 5.40. The lowest BCUT2D eigenvalue weighted by molar-refractivity contribution is -0.443. The van der Waals surface area contributed by atoms with E-state index in [4.69, 9.17) is 0 Å². The van der Waals surface area contributed by atoms with E-state index in [9.17, 15) is 75.4 Å². The van der Waals surface area contributed by atoms with E-state index in [0.717, 1.165) is 17.0 Å². The van der Waals surface area contributed by atoms with Gasteiger partial charge in [0, 0.05) is 24.3 Å². The number of para-hydroxylation sites is 1. The van der Waals surface area contributed by atoms with Crippen LogP contribution in [0.1, 0.15) is 25.8 Å². The van der Waals surface area contributed by atoms with Crippen molar-refractivity contribution >= 4 is 5.69 Å². The normalized spacial score (nSPS) is 16.5. The van der Waals surface area contributed by atoms with Gasteiger partial charge in [0.25, 0.3) is 0 Å². The standard InChI is InChI=1S/C19H17F16NO/c1-3-36(4-2)11-8-6-5-7-10(11)12(37,18(30,31)32)9-13(20,21)14(22,23)15(24,25)16(26,27)17(28,29)19(33,34)35/h5-8,37H,3-4,9H2,1-2H3. The number of halogens is 16. The van der Waals surface area contributed by atoms with Crippen molar-refractivity contribution in [1.29, 1.82) is 0 Å². The second kappa shape index (κ2) is 9.55. The smallest absolute Gasteiger partial charge is 0.376 e. The number of hydrogen-bond donors (Lipinski definition) is 1. The van der Waals surface area contributed by atoms with Crippen molar-refractivity contribution in [2.24, 2.45) is 0 Å². The Bertz CT molecular complexity index is 935. The predicted molar refractivity (Wildman–Crippen MR) is 95.4 cm³/mol. The van der Waals surface area contributed by atoms with Gasteiger partial charge in [0.2, 0.25) is 0 Å². The number of hydrogen-bond acceptors (Lipinski definition) is 2. The van der Waals surface area contributed by atoms with E-state index in [1.54, 1.807) is 0 Å². The average Bonchev–Trinajstić information content (AvgIpc) is 2.72. The molecule has 0 radical (unpaired) electrons. The number of nitrogens with zero attached hydrogens (tertiary/aromatic N) is 1. The van der Waals surface area contributed by atoms with Crippen molar-refractivity contribution < 1.29 is 75.4 Å². The summed E-state index contributed by atoms with van der Waals surface area (Å²) < 4.78 is 215. The fourth-order valence-corrected chi connectivity index (χ4v) is 3.25. The lowest BCUT2D eigenvalue weighted by Gasteiger charge is -2.42. The Morgan fingerprint density at radius 2 is 1.00 bits per heavy atom. The summed E-state index contributed by atoms with van der Waals surface area (Å²) in [6.45, 7) is 2.23. The quantitative estimate of drug-likeness (QED) is 0.292. The zero-order valence-corrected chi connectivity index (χ0v) is 18.4. The molecule has 0 aliphatic carbocycles. The molecule has 1 aromatic rings. The molecular weight excluding hydrogens is 562 g/mol. The van der Waals surface area contributed by atoms with E-state index >= 15 is 0 Å². The van der Waals surface area contributed by atoms with E-state index in [1.165, 1.54) is 13.8 Å². The first-order chi connectivity index (χ1) is 16.2.